The Morgan fingerprint density at radius 1 is 0.909 bits per heavy atom. The van der Waals surface area contributed by atoms with Gasteiger partial charge in [0.15, 0.2) is 15.9 Å². The summed E-state index contributed by atoms with van der Waals surface area (Å²) in [4.78, 5) is 30.2. The Labute approximate surface area is 136 Å². The zero-order valence-electron chi connectivity index (χ0n) is 11.9. The van der Waals surface area contributed by atoms with Gasteiger partial charge in [-0.25, -0.2) is 0 Å². The molecule has 1 heterocycles. The standard InChI is InChI=1S/C18H14BrNO2/c19-18(15-10-9-11-5-1-4-8-14(11)20-15)16(21)12-6-2-3-7-13(12)17(18)22/h2-3,6-7,9-10H,1,4-5,8H2. The first-order valence-electron chi connectivity index (χ1n) is 7.49. The maximum atomic E-state index is 12.8. The highest BCUT2D eigenvalue weighted by atomic mass is 79.9. The van der Waals surface area contributed by atoms with Crippen LogP contribution in [0.15, 0.2) is 36.4 Å². The van der Waals surface area contributed by atoms with Crippen LogP contribution in [0.5, 0.6) is 0 Å². The van der Waals surface area contributed by atoms with Crippen molar-refractivity contribution in [2.24, 2.45) is 0 Å². The lowest BCUT2D eigenvalue weighted by Crippen LogP contribution is -2.33. The van der Waals surface area contributed by atoms with Gasteiger partial charge in [0.05, 0.1) is 5.69 Å². The summed E-state index contributed by atoms with van der Waals surface area (Å²) >= 11 is 3.43. The van der Waals surface area contributed by atoms with Crippen molar-refractivity contribution in [1.29, 1.82) is 0 Å². The van der Waals surface area contributed by atoms with Crippen molar-refractivity contribution < 1.29 is 9.59 Å². The molecule has 0 saturated carbocycles. The predicted octanol–water partition coefficient (Wildman–Crippen LogP) is 3.63. The number of Topliss-reactive ketones (excluding diaryl/α,β-unsaturated/α-hetero) is 2. The summed E-state index contributed by atoms with van der Waals surface area (Å²) in [5.41, 5.74) is 3.73. The van der Waals surface area contributed by atoms with Crippen molar-refractivity contribution in [3.8, 4) is 0 Å². The Hall–Kier alpha value is -1.81. The van der Waals surface area contributed by atoms with Gasteiger partial charge in [0, 0.05) is 16.8 Å². The molecular weight excluding hydrogens is 342 g/mol. The number of rotatable bonds is 1. The number of pyridine rings is 1. The number of alkyl halides is 1. The van der Waals surface area contributed by atoms with E-state index in [0.29, 0.717) is 16.8 Å². The lowest BCUT2D eigenvalue weighted by Gasteiger charge is -2.21. The van der Waals surface area contributed by atoms with Crippen LogP contribution in [0.25, 0.3) is 0 Å². The summed E-state index contributed by atoms with van der Waals surface area (Å²) in [6.45, 7) is 0. The molecule has 0 fully saturated rings. The van der Waals surface area contributed by atoms with Gasteiger partial charge in [-0.3, -0.25) is 14.6 Å². The Balaban J connectivity index is 1.86. The van der Waals surface area contributed by atoms with Crippen molar-refractivity contribution in [2.45, 2.75) is 30.0 Å². The molecule has 0 saturated heterocycles. The molecule has 0 amide bonds. The molecule has 2 aromatic rings. The zero-order chi connectivity index (χ0) is 15.3. The summed E-state index contributed by atoms with van der Waals surface area (Å²) < 4.78 is -1.36. The van der Waals surface area contributed by atoms with Gasteiger partial charge < -0.3 is 0 Å². The SMILES string of the molecule is O=C1c2ccccc2C(=O)C1(Br)c1ccc2c(n1)CCCC2. The Morgan fingerprint density at radius 2 is 1.55 bits per heavy atom. The van der Waals surface area contributed by atoms with Crippen molar-refractivity contribution >= 4 is 27.5 Å². The molecule has 4 rings (SSSR count). The van der Waals surface area contributed by atoms with E-state index in [1.54, 1.807) is 24.3 Å². The molecule has 0 unspecified atom stereocenters. The number of aryl methyl sites for hydroxylation is 2. The number of fused-ring (bicyclic) bond motifs is 2. The van der Waals surface area contributed by atoms with E-state index in [2.05, 4.69) is 20.9 Å². The fourth-order valence-corrected chi connectivity index (χ4v) is 4.01. The monoisotopic (exact) mass is 355 g/mol. The van der Waals surface area contributed by atoms with Crippen LogP contribution >= 0.6 is 15.9 Å². The largest absolute Gasteiger partial charge is 0.292 e. The van der Waals surface area contributed by atoms with Gasteiger partial charge in [-0.05, 0) is 37.3 Å². The summed E-state index contributed by atoms with van der Waals surface area (Å²) in [5.74, 6) is -0.423. The van der Waals surface area contributed by atoms with E-state index < -0.39 is 4.32 Å². The van der Waals surface area contributed by atoms with Gasteiger partial charge in [-0.2, -0.15) is 0 Å². The lowest BCUT2D eigenvalue weighted by molar-refractivity contribution is 0.0869. The fourth-order valence-electron chi connectivity index (χ4n) is 3.36. The second-order valence-electron chi connectivity index (χ2n) is 5.87. The van der Waals surface area contributed by atoms with Gasteiger partial charge in [0.25, 0.3) is 0 Å². The molecule has 22 heavy (non-hydrogen) atoms. The van der Waals surface area contributed by atoms with Crippen LogP contribution in [-0.2, 0) is 17.2 Å². The molecule has 0 bridgehead atoms. The van der Waals surface area contributed by atoms with E-state index in [4.69, 9.17) is 0 Å². The number of nitrogens with zero attached hydrogens (tertiary/aromatic N) is 1. The third-order valence-corrected chi connectivity index (χ3v) is 5.70. The van der Waals surface area contributed by atoms with E-state index in [0.717, 1.165) is 25.0 Å². The van der Waals surface area contributed by atoms with Crippen LogP contribution in [-0.4, -0.2) is 16.6 Å². The van der Waals surface area contributed by atoms with E-state index in [1.165, 1.54) is 12.0 Å². The van der Waals surface area contributed by atoms with E-state index >= 15 is 0 Å². The lowest BCUT2D eigenvalue weighted by atomic mass is 9.92. The first-order valence-corrected chi connectivity index (χ1v) is 8.28. The number of carbonyl (C=O) groups is 2. The summed E-state index contributed by atoms with van der Waals surface area (Å²) in [6.07, 6.45) is 4.24. The second-order valence-corrected chi connectivity index (χ2v) is 7.06. The third kappa shape index (κ3) is 1.76. The smallest absolute Gasteiger partial charge is 0.194 e. The molecule has 0 aliphatic heterocycles. The van der Waals surface area contributed by atoms with Gasteiger partial charge in [0.2, 0.25) is 0 Å². The molecule has 2 aliphatic rings. The minimum Gasteiger partial charge on any atom is -0.292 e. The normalized spacial score (nSPS) is 19.0. The summed E-state index contributed by atoms with van der Waals surface area (Å²) in [6, 6.07) is 10.8. The summed E-state index contributed by atoms with van der Waals surface area (Å²) in [5, 5.41) is 0. The van der Waals surface area contributed by atoms with E-state index in [9.17, 15) is 9.59 Å². The van der Waals surface area contributed by atoms with Crippen molar-refractivity contribution in [3.05, 3.63) is 64.5 Å². The van der Waals surface area contributed by atoms with Crippen LogP contribution in [0.1, 0.15) is 50.5 Å². The number of hydrogen-bond donors (Lipinski definition) is 0. The van der Waals surface area contributed by atoms with Crippen molar-refractivity contribution in [3.63, 3.8) is 0 Å². The van der Waals surface area contributed by atoms with Crippen LogP contribution in [0.2, 0.25) is 0 Å². The van der Waals surface area contributed by atoms with E-state index in [-0.39, 0.29) is 11.6 Å². The average Bonchev–Trinajstić information content (AvgIpc) is 2.77. The number of hydrogen-bond acceptors (Lipinski definition) is 3. The Morgan fingerprint density at radius 3 is 2.23 bits per heavy atom. The molecule has 0 atom stereocenters. The highest BCUT2D eigenvalue weighted by Gasteiger charge is 2.53. The average molecular weight is 356 g/mol. The number of aromatic nitrogens is 1. The highest BCUT2D eigenvalue weighted by molar-refractivity contribution is 9.10. The maximum absolute atomic E-state index is 12.8. The van der Waals surface area contributed by atoms with Crippen LogP contribution < -0.4 is 0 Å². The molecule has 1 aromatic heterocycles. The zero-order valence-corrected chi connectivity index (χ0v) is 13.5. The van der Waals surface area contributed by atoms with Crippen molar-refractivity contribution in [1.82, 2.24) is 4.98 Å². The second kappa shape index (κ2) is 4.85. The number of carbonyl (C=O) groups excluding carboxylic acids is 2. The Kier molecular flexibility index (Phi) is 3.05. The van der Waals surface area contributed by atoms with Gasteiger partial charge >= 0.3 is 0 Å². The van der Waals surface area contributed by atoms with Gasteiger partial charge in [0.1, 0.15) is 0 Å². The molecule has 0 N–H and O–H groups in total. The predicted molar refractivity (Wildman–Crippen MR) is 86.6 cm³/mol. The molecule has 110 valence electrons. The first kappa shape index (κ1) is 13.8. The highest BCUT2D eigenvalue weighted by Crippen LogP contribution is 2.44. The summed E-state index contributed by atoms with van der Waals surface area (Å²) in [7, 11) is 0. The van der Waals surface area contributed by atoms with Crippen LogP contribution in [0.3, 0.4) is 0 Å². The van der Waals surface area contributed by atoms with Crippen LogP contribution in [0.4, 0.5) is 0 Å². The maximum Gasteiger partial charge on any atom is 0.194 e. The molecule has 4 heteroatoms. The topological polar surface area (TPSA) is 47.0 Å². The first-order chi connectivity index (χ1) is 10.6. The minimum atomic E-state index is -1.36. The molecule has 3 nitrogen and oxygen atoms in total. The molecule has 0 radical (unpaired) electrons. The number of benzene rings is 1. The quantitative estimate of drug-likeness (QED) is 0.579. The van der Waals surface area contributed by atoms with Crippen molar-refractivity contribution in [2.75, 3.05) is 0 Å². The Bertz CT molecular complexity index is 777. The molecule has 0 spiro atoms. The third-order valence-electron chi connectivity index (χ3n) is 4.57. The fraction of sp³-hybridized carbons (Fsp3) is 0.278. The van der Waals surface area contributed by atoms with Crippen LogP contribution in [0, 0.1) is 0 Å². The van der Waals surface area contributed by atoms with E-state index in [1.807, 2.05) is 12.1 Å². The number of ketones is 2. The molecule has 2 aliphatic carbocycles. The number of halogens is 1. The van der Waals surface area contributed by atoms with Gasteiger partial charge in [-0.1, -0.05) is 46.3 Å². The minimum absolute atomic E-state index is 0.212. The molecule has 1 aromatic carbocycles. The van der Waals surface area contributed by atoms with Gasteiger partial charge in [-0.15, -0.1) is 0 Å². The molecular formula is C18H14BrNO2.